The van der Waals surface area contributed by atoms with Gasteiger partial charge in [-0.15, -0.1) is 0 Å². The number of carbonyl (C=O) groups is 1. The van der Waals surface area contributed by atoms with Crippen LogP contribution in [0.4, 0.5) is 0 Å². The van der Waals surface area contributed by atoms with E-state index in [0.717, 1.165) is 17.5 Å². The van der Waals surface area contributed by atoms with E-state index >= 15 is 0 Å². The summed E-state index contributed by atoms with van der Waals surface area (Å²) in [6.07, 6.45) is 1.37. The minimum Gasteiger partial charge on any atom is -0.493 e. The van der Waals surface area contributed by atoms with Crippen molar-refractivity contribution >= 4 is 5.78 Å². The van der Waals surface area contributed by atoms with Crippen molar-refractivity contribution in [1.82, 2.24) is 0 Å². The molecule has 0 amide bonds. The van der Waals surface area contributed by atoms with E-state index in [9.17, 15) is 4.79 Å². The molecule has 0 fully saturated rings. The van der Waals surface area contributed by atoms with Crippen LogP contribution in [0.1, 0.15) is 41.3 Å². The summed E-state index contributed by atoms with van der Waals surface area (Å²) in [7, 11) is 3.21. The van der Waals surface area contributed by atoms with Crippen LogP contribution in [-0.4, -0.2) is 20.0 Å². The minimum absolute atomic E-state index is 0.168. The molecule has 0 bridgehead atoms. The van der Waals surface area contributed by atoms with Crippen molar-refractivity contribution in [2.24, 2.45) is 0 Å². The normalized spacial score (nSPS) is 19.9. The Labute approximate surface area is 130 Å². The highest BCUT2D eigenvalue weighted by molar-refractivity contribution is 6.03. The third-order valence-electron chi connectivity index (χ3n) is 4.73. The molecule has 1 aliphatic rings. The Kier molecular flexibility index (Phi) is 3.65. The van der Waals surface area contributed by atoms with Gasteiger partial charge in [0.15, 0.2) is 17.3 Å². The average molecular weight is 296 g/mol. The van der Waals surface area contributed by atoms with Crippen molar-refractivity contribution in [3.8, 4) is 11.5 Å². The Morgan fingerprint density at radius 2 is 1.68 bits per heavy atom. The molecule has 1 unspecified atom stereocenters. The van der Waals surface area contributed by atoms with Crippen LogP contribution in [-0.2, 0) is 5.41 Å². The third-order valence-corrected chi connectivity index (χ3v) is 4.73. The second-order valence-electron chi connectivity index (χ2n) is 5.65. The lowest BCUT2D eigenvalue weighted by Gasteiger charge is -2.29. The van der Waals surface area contributed by atoms with Crippen molar-refractivity contribution in [2.75, 3.05) is 14.2 Å². The van der Waals surface area contributed by atoms with E-state index in [2.05, 4.69) is 19.1 Å². The zero-order chi connectivity index (χ0) is 15.7. The van der Waals surface area contributed by atoms with Gasteiger partial charge in [-0.2, -0.15) is 0 Å². The summed E-state index contributed by atoms with van der Waals surface area (Å²) >= 11 is 0. The van der Waals surface area contributed by atoms with Gasteiger partial charge < -0.3 is 9.47 Å². The van der Waals surface area contributed by atoms with E-state index in [4.69, 9.17) is 9.47 Å². The molecule has 0 saturated heterocycles. The predicted molar refractivity (Wildman–Crippen MR) is 86.0 cm³/mol. The number of hydrogen-bond acceptors (Lipinski definition) is 3. The van der Waals surface area contributed by atoms with Gasteiger partial charge in [0.2, 0.25) is 0 Å². The van der Waals surface area contributed by atoms with E-state index in [0.29, 0.717) is 17.9 Å². The molecule has 0 N–H and O–H groups in total. The smallest absolute Gasteiger partial charge is 0.164 e. The molecule has 114 valence electrons. The summed E-state index contributed by atoms with van der Waals surface area (Å²) < 4.78 is 10.8. The molecule has 0 saturated carbocycles. The molecule has 0 heterocycles. The lowest BCUT2D eigenvalue weighted by molar-refractivity contribution is 0.0978. The minimum atomic E-state index is -0.271. The van der Waals surface area contributed by atoms with Crippen molar-refractivity contribution in [3.05, 3.63) is 59.2 Å². The van der Waals surface area contributed by atoms with E-state index in [1.165, 1.54) is 5.56 Å². The van der Waals surface area contributed by atoms with Gasteiger partial charge in [-0.25, -0.2) is 0 Å². The van der Waals surface area contributed by atoms with Gasteiger partial charge in [0.05, 0.1) is 14.2 Å². The number of ketones is 1. The lowest BCUT2D eigenvalue weighted by Crippen LogP contribution is -2.24. The van der Waals surface area contributed by atoms with E-state index in [-0.39, 0.29) is 11.2 Å². The van der Waals surface area contributed by atoms with Crippen LogP contribution >= 0.6 is 0 Å². The topological polar surface area (TPSA) is 35.5 Å². The second-order valence-corrected chi connectivity index (χ2v) is 5.65. The van der Waals surface area contributed by atoms with Gasteiger partial charge in [-0.3, -0.25) is 4.79 Å². The van der Waals surface area contributed by atoms with Crippen LogP contribution in [0.15, 0.2) is 42.5 Å². The second kappa shape index (κ2) is 5.48. The van der Waals surface area contributed by atoms with Crippen LogP contribution in [0.5, 0.6) is 11.5 Å². The van der Waals surface area contributed by atoms with Gasteiger partial charge in [-0.1, -0.05) is 37.3 Å². The zero-order valence-corrected chi connectivity index (χ0v) is 13.2. The largest absolute Gasteiger partial charge is 0.493 e. The Morgan fingerprint density at radius 3 is 2.27 bits per heavy atom. The van der Waals surface area contributed by atoms with E-state index in [1.54, 1.807) is 14.2 Å². The molecular weight excluding hydrogens is 276 g/mol. The van der Waals surface area contributed by atoms with Gasteiger partial charge >= 0.3 is 0 Å². The Morgan fingerprint density at radius 1 is 1.05 bits per heavy atom. The van der Waals surface area contributed by atoms with Crippen LogP contribution in [0.3, 0.4) is 0 Å². The number of Topliss-reactive ketones (excluding diaryl/α,β-unsaturated/α-hetero) is 1. The first kappa shape index (κ1) is 14.6. The number of methoxy groups -OCH3 is 2. The SMILES string of the molecule is CCC1(c2ccccc2)CC(=O)c2cc(OC)c(OC)cc21. The molecule has 3 nitrogen and oxygen atoms in total. The van der Waals surface area contributed by atoms with Crippen molar-refractivity contribution < 1.29 is 14.3 Å². The number of fused-ring (bicyclic) bond motifs is 1. The number of carbonyl (C=O) groups excluding carboxylic acids is 1. The summed E-state index contributed by atoms with van der Waals surface area (Å²) in [6, 6.07) is 14.0. The van der Waals surface area contributed by atoms with E-state index in [1.807, 2.05) is 30.3 Å². The molecule has 3 heteroatoms. The van der Waals surface area contributed by atoms with Gasteiger partial charge in [0.25, 0.3) is 0 Å². The molecule has 0 radical (unpaired) electrons. The van der Waals surface area contributed by atoms with E-state index < -0.39 is 0 Å². The molecule has 1 atom stereocenters. The highest BCUT2D eigenvalue weighted by Crippen LogP contribution is 2.49. The fraction of sp³-hybridized carbons (Fsp3) is 0.316. The van der Waals surface area contributed by atoms with Crippen LogP contribution in [0, 0.1) is 0 Å². The Balaban J connectivity index is 2.25. The fourth-order valence-corrected chi connectivity index (χ4v) is 3.50. The molecular formula is C19H20O3. The summed E-state index contributed by atoms with van der Waals surface area (Å²) in [4.78, 5) is 12.6. The fourth-order valence-electron chi connectivity index (χ4n) is 3.50. The number of rotatable bonds is 4. The molecule has 2 aromatic carbocycles. The van der Waals surface area contributed by atoms with Crippen molar-refractivity contribution in [2.45, 2.75) is 25.2 Å². The molecule has 2 aromatic rings. The first-order valence-corrected chi connectivity index (χ1v) is 7.51. The first-order chi connectivity index (χ1) is 10.7. The summed E-state index contributed by atoms with van der Waals surface area (Å²) in [5.74, 6) is 1.45. The number of ether oxygens (including phenoxy) is 2. The van der Waals surface area contributed by atoms with Crippen LogP contribution in [0.25, 0.3) is 0 Å². The third kappa shape index (κ3) is 2.00. The highest BCUT2D eigenvalue weighted by atomic mass is 16.5. The van der Waals surface area contributed by atoms with Gasteiger partial charge in [0.1, 0.15) is 0 Å². The summed E-state index contributed by atoms with van der Waals surface area (Å²) in [5, 5.41) is 0. The van der Waals surface area contributed by atoms with Gasteiger partial charge in [0, 0.05) is 17.4 Å². The highest BCUT2D eigenvalue weighted by Gasteiger charge is 2.44. The first-order valence-electron chi connectivity index (χ1n) is 7.51. The molecule has 0 aromatic heterocycles. The zero-order valence-electron chi connectivity index (χ0n) is 13.2. The summed E-state index contributed by atoms with van der Waals surface area (Å²) in [5.41, 5.74) is 2.71. The Bertz CT molecular complexity index is 706. The maximum absolute atomic E-state index is 12.6. The summed E-state index contributed by atoms with van der Waals surface area (Å²) in [6.45, 7) is 2.13. The lowest BCUT2D eigenvalue weighted by atomic mass is 9.73. The maximum Gasteiger partial charge on any atom is 0.164 e. The average Bonchev–Trinajstić information content (AvgIpc) is 2.87. The standard InChI is InChI=1S/C19H20O3/c1-4-19(13-8-6-5-7-9-13)12-16(20)14-10-17(21-2)18(22-3)11-15(14)19/h5-11H,4,12H2,1-3H3. The predicted octanol–water partition coefficient (Wildman–Crippen LogP) is 3.99. The van der Waals surface area contributed by atoms with Crippen molar-refractivity contribution in [3.63, 3.8) is 0 Å². The molecule has 1 aliphatic carbocycles. The van der Waals surface area contributed by atoms with Crippen molar-refractivity contribution in [1.29, 1.82) is 0 Å². The van der Waals surface area contributed by atoms with Gasteiger partial charge in [-0.05, 0) is 29.7 Å². The molecule has 0 spiro atoms. The monoisotopic (exact) mass is 296 g/mol. The quantitative estimate of drug-likeness (QED) is 0.856. The van der Waals surface area contributed by atoms with Crippen LogP contribution < -0.4 is 9.47 Å². The molecule has 22 heavy (non-hydrogen) atoms. The number of hydrogen-bond donors (Lipinski definition) is 0. The molecule has 3 rings (SSSR count). The maximum atomic E-state index is 12.6. The molecule has 0 aliphatic heterocycles. The number of benzene rings is 2. The Hall–Kier alpha value is -2.29. The van der Waals surface area contributed by atoms with Crippen LogP contribution in [0.2, 0.25) is 0 Å².